The van der Waals surface area contributed by atoms with Crippen molar-refractivity contribution in [1.82, 2.24) is 14.3 Å². The Labute approximate surface area is 163 Å². The van der Waals surface area contributed by atoms with E-state index in [2.05, 4.69) is 18.9 Å². The number of thiophene rings is 1. The fourth-order valence-corrected chi connectivity index (χ4v) is 3.72. The lowest BCUT2D eigenvalue weighted by atomic mass is 10.0. The summed E-state index contributed by atoms with van der Waals surface area (Å²) in [7, 11) is 0. The highest BCUT2D eigenvalue weighted by atomic mass is 32.1. The molecule has 0 unspecified atom stereocenters. The highest BCUT2D eigenvalue weighted by Crippen LogP contribution is 2.20. The molecule has 0 spiro atoms. The third-order valence-corrected chi connectivity index (χ3v) is 5.19. The fraction of sp³-hybridized carbons (Fsp3) is 0.381. The average Bonchev–Trinajstić information content (AvgIpc) is 3.25. The van der Waals surface area contributed by atoms with E-state index in [9.17, 15) is 9.59 Å². The Balaban J connectivity index is 1.77. The average molecular weight is 384 g/mol. The van der Waals surface area contributed by atoms with Gasteiger partial charge in [-0.25, -0.2) is 9.48 Å². The first kappa shape index (κ1) is 19.3. The van der Waals surface area contributed by atoms with Gasteiger partial charge in [0.15, 0.2) is 11.6 Å². The van der Waals surface area contributed by atoms with Crippen molar-refractivity contribution in [3.63, 3.8) is 0 Å². The zero-order valence-electron chi connectivity index (χ0n) is 16.0. The first-order chi connectivity index (χ1) is 13.0. The molecule has 0 aliphatic carbocycles. The van der Waals surface area contributed by atoms with Crippen LogP contribution in [-0.4, -0.2) is 20.1 Å². The normalized spacial score (nSPS) is 11.3. The molecule has 0 aliphatic heterocycles. The van der Waals surface area contributed by atoms with Crippen molar-refractivity contribution in [2.24, 2.45) is 5.92 Å². The van der Waals surface area contributed by atoms with Gasteiger partial charge in [-0.05, 0) is 41.8 Å². The number of hydrogen-bond acceptors (Lipinski definition) is 4. The maximum Gasteiger partial charge on any atom is 0.346 e. The van der Waals surface area contributed by atoms with Gasteiger partial charge in [-0.1, -0.05) is 38.1 Å². The molecule has 0 fully saturated rings. The predicted molar refractivity (Wildman–Crippen MR) is 109 cm³/mol. The van der Waals surface area contributed by atoms with Crippen molar-refractivity contribution in [2.75, 3.05) is 0 Å². The van der Waals surface area contributed by atoms with Gasteiger partial charge in [-0.2, -0.15) is 11.3 Å². The maximum absolute atomic E-state index is 12.8. The molecule has 0 N–H and O–H groups in total. The molecule has 6 heteroatoms. The highest BCUT2D eigenvalue weighted by Gasteiger charge is 2.18. The molecule has 142 valence electrons. The number of aryl methyl sites for hydroxylation is 2. The standard InChI is InChI=1S/C21H25N3O2S/c1-15(2)12-23-20(18-10-11-27-14-18)22-24(21(23)26)13-19(25)9-8-17-7-5-4-6-16(17)3/h4-7,10-11,14-15H,8-9,12-13H2,1-3H3. The van der Waals surface area contributed by atoms with E-state index in [0.29, 0.717) is 31.1 Å². The summed E-state index contributed by atoms with van der Waals surface area (Å²) >= 11 is 1.57. The third kappa shape index (κ3) is 4.63. The van der Waals surface area contributed by atoms with Gasteiger partial charge in [0.05, 0.1) is 0 Å². The van der Waals surface area contributed by atoms with Gasteiger partial charge in [0.25, 0.3) is 0 Å². The number of benzene rings is 1. The predicted octanol–water partition coefficient (Wildman–Crippen LogP) is 3.94. The van der Waals surface area contributed by atoms with E-state index in [-0.39, 0.29) is 18.0 Å². The number of rotatable bonds is 8. The second kappa shape index (κ2) is 8.48. The SMILES string of the molecule is Cc1ccccc1CCC(=O)Cn1nc(-c2ccsc2)n(CC(C)C)c1=O. The van der Waals surface area contributed by atoms with Crippen LogP contribution in [0.4, 0.5) is 0 Å². The van der Waals surface area contributed by atoms with Gasteiger partial charge in [-0.15, -0.1) is 5.10 Å². The number of hydrogen-bond donors (Lipinski definition) is 0. The van der Waals surface area contributed by atoms with Gasteiger partial charge in [0, 0.05) is 23.9 Å². The van der Waals surface area contributed by atoms with Crippen molar-refractivity contribution in [3.8, 4) is 11.4 Å². The summed E-state index contributed by atoms with van der Waals surface area (Å²) in [5.41, 5.74) is 3.06. The molecular formula is C21H25N3O2S. The molecule has 0 saturated heterocycles. The minimum atomic E-state index is -0.214. The third-order valence-electron chi connectivity index (χ3n) is 4.51. The van der Waals surface area contributed by atoms with E-state index >= 15 is 0 Å². The molecular weight excluding hydrogens is 358 g/mol. The number of aromatic nitrogens is 3. The smallest absolute Gasteiger partial charge is 0.298 e. The molecule has 0 saturated carbocycles. The van der Waals surface area contributed by atoms with Crippen molar-refractivity contribution >= 4 is 17.1 Å². The summed E-state index contributed by atoms with van der Waals surface area (Å²) in [6.07, 6.45) is 1.09. The largest absolute Gasteiger partial charge is 0.346 e. The van der Waals surface area contributed by atoms with Crippen LogP contribution in [0, 0.1) is 12.8 Å². The fourth-order valence-electron chi connectivity index (χ4n) is 3.09. The molecule has 2 aromatic heterocycles. The summed E-state index contributed by atoms with van der Waals surface area (Å²) in [4.78, 5) is 25.3. The van der Waals surface area contributed by atoms with Crippen LogP contribution in [0.2, 0.25) is 0 Å². The summed E-state index contributed by atoms with van der Waals surface area (Å²) in [5, 5.41) is 8.41. The van der Waals surface area contributed by atoms with Crippen molar-refractivity contribution < 1.29 is 4.79 Å². The molecule has 0 bridgehead atoms. The molecule has 3 aromatic rings. The van der Waals surface area contributed by atoms with Crippen molar-refractivity contribution in [1.29, 1.82) is 0 Å². The monoisotopic (exact) mass is 383 g/mol. The Morgan fingerprint density at radius 3 is 2.67 bits per heavy atom. The molecule has 27 heavy (non-hydrogen) atoms. The molecule has 1 aromatic carbocycles. The minimum absolute atomic E-state index is 0.0198. The van der Waals surface area contributed by atoms with E-state index in [4.69, 9.17) is 0 Å². The molecule has 2 heterocycles. The van der Waals surface area contributed by atoms with Crippen LogP contribution in [-0.2, 0) is 24.3 Å². The van der Waals surface area contributed by atoms with E-state index in [1.807, 2.05) is 48.0 Å². The van der Waals surface area contributed by atoms with Crippen LogP contribution in [0.15, 0.2) is 45.9 Å². The van der Waals surface area contributed by atoms with Crippen LogP contribution in [0.25, 0.3) is 11.4 Å². The molecule has 0 aliphatic rings. The summed E-state index contributed by atoms with van der Waals surface area (Å²) in [6, 6.07) is 10.0. The zero-order chi connectivity index (χ0) is 19.4. The first-order valence-electron chi connectivity index (χ1n) is 9.22. The second-order valence-electron chi connectivity index (χ2n) is 7.25. The van der Waals surface area contributed by atoms with Gasteiger partial charge in [0.1, 0.15) is 6.54 Å². The lowest BCUT2D eigenvalue weighted by Crippen LogP contribution is -2.29. The van der Waals surface area contributed by atoms with Crippen LogP contribution >= 0.6 is 11.3 Å². The van der Waals surface area contributed by atoms with Gasteiger partial charge in [0.2, 0.25) is 0 Å². The second-order valence-corrected chi connectivity index (χ2v) is 8.03. The topological polar surface area (TPSA) is 56.9 Å². The minimum Gasteiger partial charge on any atom is -0.298 e. The Morgan fingerprint density at radius 1 is 1.22 bits per heavy atom. The highest BCUT2D eigenvalue weighted by molar-refractivity contribution is 7.08. The van der Waals surface area contributed by atoms with Crippen LogP contribution in [0.5, 0.6) is 0 Å². The van der Waals surface area contributed by atoms with Crippen LogP contribution < -0.4 is 5.69 Å². The number of carbonyl (C=O) groups excluding carboxylic acids is 1. The number of Topliss-reactive ketones (excluding diaryl/α,β-unsaturated/α-hetero) is 1. The Hall–Kier alpha value is -2.47. The summed E-state index contributed by atoms with van der Waals surface area (Å²) in [5.74, 6) is 0.975. The number of ketones is 1. The van der Waals surface area contributed by atoms with Crippen molar-refractivity contribution in [2.45, 2.75) is 46.7 Å². The summed E-state index contributed by atoms with van der Waals surface area (Å²) < 4.78 is 3.00. The van der Waals surface area contributed by atoms with Crippen LogP contribution in [0.3, 0.4) is 0 Å². The number of carbonyl (C=O) groups is 1. The van der Waals surface area contributed by atoms with Gasteiger partial charge in [-0.3, -0.25) is 9.36 Å². The summed E-state index contributed by atoms with van der Waals surface area (Å²) in [6.45, 7) is 6.78. The van der Waals surface area contributed by atoms with E-state index < -0.39 is 0 Å². The van der Waals surface area contributed by atoms with Gasteiger partial charge < -0.3 is 0 Å². The maximum atomic E-state index is 12.8. The first-order valence-corrected chi connectivity index (χ1v) is 10.2. The number of nitrogens with zero attached hydrogens (tertiary/aromatic N) is 3. The molecule has 0 amide bonds. The molecule has 0 radical (unpaired) electrons. The van der Waals surface area contributed by atoms with E-state index in [0.717, 1.165) is 5.56 Å². The Bertz CT molecular complexity index is 968. The van der Waals surface area contributed by atoms with Crippen LogP contribution in [0.1, 0.15) is 31.4 Å². The molecule has 0 atom stereocenters. The quantitative estimate of drug-likeness (QED) is 0.592. The Kier molecular flexibility index (Phi) is 6.06. The molecule has 5 nitrogen and oxygen atoms in total. The lowest BCUT2D eigenvalue weighted by Gasteiger charge is -2.06. The molecule has 3 rings (SSSR count). The van der Waals surface area contributed by atoms with E-state index in [1.165, 1.54) is 15.8 Å². The van der Waals surface area contributed by atoms with Crippen molar-refractivity contribution in [3.05, 3.63) is 62.7 Å². The van der Waals surface area contributed by atoms with E-state index in [1.54, 1.807) is 15.9 Å². The zero-order valence-corrected chi connectivity index (χ0v) is 16.8. The lowest BCUT2D eigenvalue weighted by molar-refractivity contribution is -0.119. The Morgan fingerprint density at radius 2 is 2.00 bits per heavy atom. The van der Waals surface area contributed by atoms with Gasteiger partial charge >= 0.3 is 5.69 Å².